The molecule has 1 aromatic rings. The fraction of sp³-hybridized carbons (Fsp3) is 0.500. The van der Waals surface area contributed by atoms with Gasteiger partial charge in [-0.3, -0.25) is 0 Å². The summed E-state index contributed by atoms with van der Waals surface area (Å²) in [7, 11) is 0. The molecule has 0 radical (unpaired) electrons. The lowest BCUT2D eigenvalue weighted by molar-refractivity contribution is 0.220. The molecule has 3 heteroatoms. The van der Waals surface area contributed by atoms with Crippen molar-refractivity contribution in [3.63, 3.8) is 0 Å². The second-order valence-electron chi connectivity index (χ2n) is 2.31. The maximum absolute atomic E-state index is 12.9. The van der Waals surface area contributed by atoms with Crippen molar-refractivity contribution in [2.75, 3.05) is 0 Å². The summed E-state index contributed by atoms with van der Waals surface area (Å²) in [4.78, 5) is 3.83. The van der Waals surface area contributed by atoms with E-state index in [2.05, 4.69) is 4.98 Å². The van der Waals surface area contributed by atoms with E-state index in [4.69, 9.17) is 0 Å². The minimum atomic E-state index is -1.27. The van der Waals surface area contributed by atoms with Gasteiger partial charge in [-0.15, -0.1) is 11.3 Å². The minimum Gasteiger partial charge on any atom is -0.246 e. The Morgan fingerprint density at radius 3 is 2.56 bits per heavy atom. The summed E-state index contributed by atoms with van der Waals surface area (Å²) in [6.45, 7) is 3.01. The zero-order valence-electron chi connectivity index (χ0n) is 5.39. The Labute approximate surface area is 57.6 Å². The lowest BCUT2D eigenvalue weighted by atomic mass is 10.2. The molecule has 9 heavy (non-hydrogen) atoms. The van der Waals surface area contributed by atoms with Gasteiger partial charge in [-0.05, 0) is 13.8 Å². The molecule has 0 N–H and O–H groups in total. The molecule has 0 spiro atoms. The van der Waals surface area contributed by atoms with Crippen LogP contribution in [0.2, 0.25) is 0 Å². The number of aromatic nitrogens is 1. The second-order valence-corrected chi connectivity index (χ2v) is 3.20. The van der Waals surface area contributed by atoms with Crippen LogP contribution in [0.3, 0.4) is 0 Å². The topological polar surface area (TPSA) is 12.9 Å². The third-order valence-corrected chi connectivity index (χ3v) is 2.01. The number of thiazole rings is 1. The molecule has 50 valence electrons. The Morgan fingerprint density at radius 2 is 2.33 bits per heavy atom. The molecule has 0 saturated carbocycles. The number of hydrogen-bond donors (Lipinski definition) is 0. The Hall–Kier alpha value is -0.440. The van der Waals surface area contributed by atoms with Gasteiger partial charge in [0.25, 0.3) is 0 Å². The van der Waals surface area contributed by atoms with Gasteiger partial charge >= 0.3 is 0 Å². The molecule has 0 fully saturated rings. The first kappa shape index (κ1) is 6.68. The summed E-state index contributed by atoms with van der Waals surface area (Å²) < 4.78 is 12.9. The van der Waals surface area contributed by atoms with Crippen molar-refractivity contribution in [3.05, 3.63) is 16.6 Å². The van der Waals surface area contributed by atoms with E-state index in [1.165, 1.54) is 25.2 Å². The monoisotopic (exact) mass is 145 g/mol. The van der Waals surface area contributed by atoms with E-state index in [9.17, 15) is 4.39 Å². The zero-order chi connectivity index (χ0) is 6.91. The molecular formula is C6H8FNS. The van der Waals surface area contributed by atoms with Crippen molar-refractivity contribution in [1.82, 2.24) is 4.98 Å². The fourth-order valence-electron chi connectivity index (χ4n) is 0.517. The third-order valence-electron chi connectivity index (χ3n) is 0.941. The van der Waals surface area contributed by atoms with Crippen molar-refractivity contribution in [1.29, 1.82) is 0 Å². The summed E-state index contributed by atoms with van der Waals surface area (Å²) in [6, 6.07) is 0. The highest BCUT2D eigenvalue weighted by atomic mass is 32.1. The van der Waals surface area contributed by atoms with Crippen LogP contribution in [0, 0.1) is 0 Å². The molecule has 1 aromatic heterocycles. The van der Waals surface area contributed by atoms with E-state index in [1.807, 2.05) is 0 Å². The van der Waals surface area contributed by atoms with E-state index in [1.54, 1.807) is 11.6 Å². The summed E-state index contributed by atoms with van der Waals surface area (Å²) in [5.41, 5.74) is -1.27. The highest BCUT2D eigenvalue weighted by molar-refractivity contribution is 7.09. The average Bonchev–Trinajstić information content (AvgIpc) is 2.08. The van der Waals surface area contributed by atoms with Crippen LogP contribution in [-0.2, 0) is 5.67 Å². The summed E-state index contributed by atoms with van der Waals surface area (Å²) in [5.74, 6) is 0. The molecule has 0 aromatic carbocycles. The Bertz CT molecular complexity index is 175. The summed E-state index contributed by atoms with van der Waals surface area (Å²) in [5, 5.41) is 2.32. The van der Waals surface area contributed by atoms with Crippen LogP contribution in [0.25, 0.3) is 0 Å². The van der Waals surface area contributed by atoms with Crippen LogP contribution in [0.1, 0.15) is 18.9 Å². The molecule has 0 aliphatic heterocycles. The van der Waals surface area contributed by atoms with E-state index in [-0.39, 0.29) is 0 Å². The average molecular weight is 145 g/mol. The summed E-state index contributed by atoms with van der Waals surface area (Å²) >= 11 is 1.34. The first-order chi connectivity index (χ1) is 4.11. The van der Waals surface area contributed by atoms with Crippen molar-refractivity contribution < 1.29 is 4.39 Å². The lowest BCUT2D eigenvalue weighted by Crippen LogP contribution is -2.07. The standard InChI is InChI=1S/C6H8FNS/c1-6(2,7)5-8-3-4-9-5/h3-4H,1-2H3. The highest BCUT2D eigenvalue weighted by Gasteiger charge is 2.20. The van der Waals surface area contributed by atoms with Crippen LogP contribution in [0.4, 0.5) is 4.39 Å². The van der Waals surface area contributed by atoms with Crippen molar-refractivity contribution in [3.8, 4) is 0 Å². The van der Waals surface area contributed by atoms with E-state index in [0.717, 1.165) is 0 Å². The molecule has 0 atom stereocenters. The number of hydrogen-bond acceptors (Lipinski definition) is 2. The molecule has 0 bridgehead atoms. The van der Waals surface area contributed by atoms with Crippen molar-refractivity contribution in [2.24, 2.45) is 0 Å². The number of rotatable bonds is 1. The molecule has 0 aliphatic carbocycles. The van der Waals surface area contributed by atoms with Crippen LogP contribution in [0.15, 0.2) is 11.6 Å². The van der Waals surface area contributed by atoms with Gasteiger partial charge in [0.2, 0.25) is 0 Å². The maximum atomic E-state index is 12.9. The largest absolute Gasteiger partial charge is 0.246 e. The van der Waals surface area contributed by atoms with E-state index >= 15 is 0 Å². The van der Waals surface area contributed by atoms with Crippen LogP contribution >= 0.6 is 11.3 Å². The van der Waals surface area contributed by atoms with Crippen LogP contribution in [0.5, 0.6) is 0 Å². The third kappa shape index (κ3) is 1.48. The minimum absolute atomic E-state index is 0.544. The molecule has 0 unspecified atom stereocenters. The summed E-state index contributed by atoms with van der Waals surface area (Å²) in [6.07, 6.45) is 1.61. The van der Waals surface area contributed by atoms with Gasteiger partial charge in [0.1, 0.15) is 5.01 Å². The predicted octanol–water partition coefficient (Wildman–Crippen LogP) is 2.35. The highest BCUT2D eigenvalue weighted by Crippen LogP contribution is 2.25. The Balaban J connectivity index is 2.90. The second kappa shape index (κ2) is 2.06. The molecule has 1 nitrogen and oxygen atoms in total. The predicted molar refractivity (Wildman–Crippen MR) is 36.2 cm³/mol. The Morgan fingerprint density at radius 1 is 1.67 bits per heavy atom. The SMILES string of the molecule is CC(C)(F)c1nccs1. The van der Waals surface area contributed by atoms with Gasteiger partial charge in [0.15, 0.2) is 5.67 Å². The Kier molecular flexibility index (Phi) is 1.53. The van der Waals surface area contributed by atoms with E-state index < -0.39 is 5.67 Å². The van der Waals surface area contributed by atoms with Crippen LogP contribution < -0.4 is 0 Å². The zero-order valence-corrected chi connectivity index (χ0v) is 6.20. The van der Waals surface area contributed by atoms with E-state index in [0.29, 0.717) is 5.01 Å². The molecular weight excluding hydrogens is 137 g/mol. The molecule has 0 amide bonds. The number of alkyl halides is 1. The van der Waals surface area contributed by atoms with Gasteiger partial charge in [0.05, 0.1) is 0 Å². The van der Waals surface area contributed by atoms with Crippen molar-refractivity contribution >= 4 is 11.3 Å². The lowest BCUT2D eigenvalue weighted by Gasteiger charge is -2.07. The van der Waals surface area contributed by atoms with Gasteiger partial charge in [-0.25, -0.2) is 9.37 Å². The van der Waals surface area contributed by atoms with Gasteiger partial charge in [-0.1, -0.05) is 0 Å². The smallest absolute Gasteiger partial charge is 0.156 e. The molecule has 0 saturated heterocycles. The quantitative estimate of drug-likeness (QED) is 0.591. The first-order valence-corrected chi connectivity index (χ1v) is 3.57. The van der Waals surface area contributed by atoms with Gasteiger partial charge in [0, 0.05) is 11.6 Å². The van der Waals surface area contributed by atoms with Gasteiger partial charge < -0.3 is 0 Å². The number of halogens is 1. The molecule has 0 aliphatic rings. The first-order valence-electron chi connectivity index (χ1n) is 2.69. The molecule has 1 rings (SSSR count). The normalized spacial score (nSPS) is 11.9. The maximum Gasteiger partial charge on any atom is 0.156 e. The van der Waals surface area contributed by atoms with Crippen molar-refractivity contribution in [2.45, 2.75) is 19.5 Å². The van der Waals surface area contributed by atoms with Gasteiger partial charge in [-0.2, -0.15) is 0 Å². The molecule has 1 heterocycles. The number of nitrogens with zero attached hydrogens (tertiary/aromatic N) is 1. The fourth-order valence-corrected chi connectivity index (χ4v) is 1.17. The van der Waals surface area contributed by atoms with Crippen LogP contribution in [-0.4, -0.2) is 4.98 Å².